The maximum absolute atomic E-state index is 12.0. The SMILES string of the molecule is Cc1ccc(N2CC(NC(=O)NCCCO)CC2=O)cc1. The number of hydrogen-bond donors (Lipinski definition) is 3. The minimum Gasteiger partial charge on any atom is -0.396 e. The number of anilines is 1. The van der Waals surface area contributed by atoms with Crippen molar-refractivity contribution in [2.45, 2.75) is 25.8 Å². The lowest BCUT2D eigenvalue weighted by molar-refractivity contribution is -0.117. The predicted octanol–water partition coefficient (Wildman–Crippen LogP) is 0.782. The zero-order valence-corrected chi connectivity index (χ0v) is 12.1. The van der Waals surface area contributed by atoms with Gasteiger partial charge in [0.15, 0.2) is 0 Å². The first-order valence-corrected chi connectivity index (χ1v) is 7.12. The molecule has 1 aromatic carbocycles. The van der Waals surface area contributed by atoms with Crippen LogP contribution in [0.2, 0.25) is 0 Å². The van der Waals surface area contributed by atoms with E-state index in [2.05, 4.69) is 10.6 Å². The molecular weight excluding hydrogens is 270 g/mol. The minimum atomic E-state index is -0.299. The number of nitrogens with zero attached hydrogens (tertiary/aromatic N) is 1. The standard InChI is InChI=1S/C15H21N3O3/c1-11-3-5-13(6-4-11)18-10-12(9-14(18)20)17-15(21)16-7-2-8-19/h3-6,12,19H,2,7-10H2,1H3,(H2,16,17,21). The third kappa shape index (κ3) is 4.19. The van der Waals surface area contributed by atoms with Crippen molar-refractivity contribution in [3.63, 3.8) is 0 Å². The molecule has 3 N–H and O–H groups in total. The Morgan fingerprint density at radius 2 is 2.10 bits per heavy atom. The average molecular weight is 291 g/mol. The molecule has 0 saturated carbocycles. The highest BCUT2D eigenvalue weighted by atomic mass is 16.3. The molecule has 114 valence electrons. The Balaban J connectivity index is 1.87. The van der Waals surface area contributed by atoms with Crippen molar-refractivity contribution in [2.75, 3.05) is 24.6 Å². The first-order valence-electron chi connectivity index (χ1n) is 7.12. The second kappa shape index (κ2) is 7.08. The molecule has 0 bridgehead atoms. The predicted molar refractivity (Wildman–Crippen MR) is 80.2 cm³/mol. The van der Waals surface area contributed by atoms with E-state index in [9.17, 15) is 9.59 Å². The van der Waals surface area contributed by atoms with Crippen LogP contribution in [0.25, 0.3) is 0 Å². The van der Waals surface area contributed by atoms with Gasteiger partial charge in [-0.25, -0.2) is 4.79 Å². The van der Waals surface area contributed by atoms with Crippen LogP contribution in [0.3, 0.4) is 0 Å². The molecule has 1 fully saturated rings. The molecule has 0 radical (unpaired) electrons. The van der Waals surface area contributed by atoms with E-state index in [0.29, 0.717) is 25.9 Å². The molecule has 2 rings (SSSR count). The first-order chi connectivity index (χ1) is 10.1. The number of aliphatic hydroxyl groups excluding tert-OH is 1. The molecule has 1 aromatic rings. The van der Waals surface area contributed by atoms with Gasteiger partial charge >= 0.3 is 6.03 Å². The summed E-state index contributed by atoms with van der Waals surface area (Å²) in [6, 6.07) is 7.27. The summed E-state index contributed by atoms with van der Waals surface area (Å²) in [5.74, 6) is 0.0134. The van der Waals surface area contributed by atoms with Crippen LogP contribution in [-0.2, 0) is 4.79 Å². The van der Waals surface area contributed by atoms with Crippen molar-refractivity contribution >= 4 is 17.6 Å². The van der Waals surface area contributed by atoms with Gasteiger partial charge in [0.2, 0.25) is 5.91 Å². The fourth-order valence-corrected chi connectivity index (χ4v) is 2.30. The van der Waals surface area contributed by atoms with E-state index in [1.807, 2.05) is 31.2 Å². The molecule has 1 aliphatic heterocycles. The number of aryl methyl sites for hydroxylation is 1. The molecule has 6 heteroatoms. The van der Waals surface area contributed by atoms with E-state index in [4.69, 9.17) is 5.11 Å². The van der Waals surface area contributed by atoms with Crippen LogP contribution < -0.4 is 15.5 Å². The fraction of sp³-hybridized carbons (Fsp3) is 0.467. The van der Waals surface area contributed by atoms with E-state index in [-0.39, 0.29) is 24.6 Å². The molecule has 3 amide bonds. The Morgan fingerprint density at radius 1 is 1.38 bits per heavy atom. The highest BCUT2D eigenvalue weighted by molar-refractivity contribution is 5.96. The molecule has 1 saturated heterocycles. The van der Waals surface area contributed by atoms with Gasteiger partial charge in [0.05, 0.1) is 6.04 Å². The summed E-state index contributed by atoms with van der Waals surface area (Å²) in [6.45, 7) is 2.94. The molecule has 1 heterocycles. The number of aliphatic hydroxyl groups is 1. The van der Waals surface area contributed by atoms with Crippen LogP contribution in [0.4, 0.5) is 10.5 Å². The Bertz CT molecular complexity index is 501. The molecule has 0 aliphatic carbocycles. The molecular formula is C15H21N3O3. The summed E-state index contributed by atoms with van der Waals surface area (Å²) in [4.78, 5) is 25.4. The van der Waals surface area contributed by atoms with E-state index in [0.717, 1.165) is 11.3 Å². The highest BCUT2D eigenvalue weighted by Crippen LogP contribution is 2.21. The normalized spacial score (nSPS) is 17.9. The lowest BCUT2D eigenvalue weighted by Crippen LogP contribution is -2.43. The van der Waals surface area contributed by atoms with Gasteiger partial charge in [0.25, 0.3) is 0 Å². The second-order valence-corrected chi connectivity index (χ2v) is 5.22. The summed E-state index contributed by atoms with van der Waals surface area (Å²) >= 11 is 0. The number of benzene rings is 1. The van der Waals surface area contributed by atoms with Crippen LogP contribution in [0, 0.1) is 6.92 Å². The lowest BCUT2D eigenvalue weighted by Gasteiger charge is -2.17. The van der Waals surface area contributed by atoms with Crippen LogP contribution in [-0.4, -0.2) is 42.8 Å². The van der Waals surface area contributed by atoms with Crippen LogP contribution in [0.15, 0.2) is 24.3 Å². The third-order valence-corrected chi connectivity index (χ3v) is 3.43. The topological polar surface area (TPSA) is 81.7 Å². The molecule has 21 heavy (non-hydrogen) atoms. The summed E-state index contributed by atoms with van der Waals surface area (Å²) < 4.78 is 0. The Kier molecular flexibility index (Phi) is 5.16. The van der Waals surface area contributed by atoms with Crippen LogP contribution in [0.5, 0.6) is 0 Å². The van der Waals surface area contributed by atoms with Crippen LogP contribution >= 0.6 is 0 Å². The van der Waals surface area contributed by atoms with Crippen molar-refractivity contribution in [3.8, 4) is 0 Å². The molecule has 6 nitrogen and oxygen atoms in total. The van der Waals surface area contributed by atoms with Gasteiger partial charge in [-0.05, 0) is 25.5 Å². The summed E-state index contributed by atoms with van der Waals surface area (Å²) in [5, 5.41) is 14.1. The second-order valence-electron chi connectivity index (χ2n) is 5.22. The number of rotatable bonds is 5. The number of amides is 3. The van der Waals surface area contributed by atoms with Crippen molar-refractivity contribution < 1.29 is 14.7 Å². The smallest absolute Gasteiger partial charge is 0.315 e. The third-order valence-electron chi connectivity index (χ3n) is 3.43. The van der Waals surface area contributed by atoms with E-state index in [1.165, 1.54) is 0 Å². The largest absolute Gasteiger partial charge is 0.396 e. The van der Waals surface area contributed by atoms with E-state index >= 15 is 0 Å². The molecule has 1 atom stereocenters. The van der Waals surface area contributed by atoms with Gasteiger partial charge in [0, 0.05) is 31.8 Å². The summed E-state index contributed by atoms with van der Waals surface area (Å²) in [5.41, 5.74) is 2.00. The number of carbonyl (C=O) groups excluding carboxylic acids is 2. The Hall–Kier alpha value is -2.08. The van der Waals surface area contributed by atoms with Crippen LogP contribution in [0.1, 0.15) is 18.4 Å². The number of urea groups is 1. The first kappa shape index (κ1) is 15.3. The maximum Gasteiger partial charge on any atom is 0.315 e. The van der Waals surface area contributed by atoms with Gasteiger partial charge in [-0.2, -0.15) is 0 Å². The lowest BCUT2D eigenvalue weighted by atomic mass is 10.2. The average Bonchev–Trinajstić information content (AvgIpc) is 2.80. The molecule has 1 unspecified atom stereocenters. The summed E-state index contributed by atoms with van der Waals surface area (Å²) in [6.07, 6.45) is 0.827. The van der Waals surface area contributed by atoms with Crippen molar-refractivity contribution in [3.05, 3.63) is 29.8 Å². The van der Waals surface area contributed by atoms with Gasteiger partial charge in [-0.1, -0.05) is 17.7 Å². The monoisotopic (exact) mass is 291 g/mol. The molecule has 0 spiro atoms. The molecule has 1 aliphatic rings. The number of nitrogens with one attached hydrogen (secondary N) is 2. The highest BCUT2D eigenvalue weighted by Gasteiger charge is 2.31. The Labute approximate surface area is 124 Å². The van der Waals surface area contributed by atoms with Crippen molar-refractivity contribution in [1.82, 2.24) is 10.6 Å². The van der Waals surface area contributed by atoms with Gasteiger partial charge in [0.1, 0.15) is 0 Å². The van der Waals surface area contributed by atoms with Gasteiger partial charge < -0.3 is 20.6 Å². The number of carbonyl (C=O) groups is 2. The summed E-state index contributed by atoms with van der Waals surface area (Å²) in [7, 11) is 0. The molecule has 0 aromatic heterocycles. The Morgan fingerprint density at radius 3 is 2.76 bits per heavy atom. The zero-order valence-electron chi connectivity index (χ0n) is 12.1. The number of hydrogen-bond acceptors (Lipinski definition) is 3. The van der Waals surface area contributed by atoms with Gasteiger partial charge in [-0.15, -0.1) is 0 Å². The fourth-order valence-electron chi connectivity index (χ4n) is 2.30. The quantitative estimate of drug-likeness (QED) is 0.701. The minimum absolute atomic E-state index is 0.0134. The maximum atomic E-state index is 12.0. The van der Waals surface area contributed by atoms with E-state index in [1.54, 1.807) is 4.90 Å². The van der Waals surface area contributed by atoms with Crippen molar-refractivity contribution in [2.24, 2.45) is 0 Å². The van der Waals surface area contributed by atoms with E-state index < -0.39 is 0 Å². The van der Waals surface area contributed by atoms with Gasteiger partial charge in [-0.3, -0.25) is 4.79 Å². The zero-order chi connectivity index (χ0) is 15.2. The van der Waals surface area contributed by atoms with Crippen molar-refractivity contribution in [1.29, 1.82) is 0 Å².